The highest BCUT2D eigenvalue weighted by Gasteiger charge is 2.10. The highest BCUT2D eigenvalue weighted by molar-refractivity contribution is 7.80. The van der Waals surface area contributed by atoms with E-state index in [1.807, 2.05) is 30.0 Å². The minimum atomic E-state index is -0.112. The molecular formula is C15H20N4OS. The van der Waals surface area contributed by atoms with Gasteiger partial charge in [0.05, 0.1) is 17.4 Å². The molecule has 0 aliphatic rings. The van der Waals surface area contributed by atoms with E-state index in [-0.39, 0.29) is 5.56 Å². The van der Waals surface area contributed by atoms with Crippen LogP contribution in [0.1, 0.15) is 26.1 Å². The lowest BCUT2D eigenvalue weighted by Crippen LogP contribution is -2.40. The van der Waals surface area contributed by atoms with Crippen molar-refractivity contribution in [2.75, 3.05) is 13.1 Å². The van der Waals surface area contributed by atoms with Gasteiger partial charge in [-0.25, -0.2) is 4.98 Å². The van der Waals surface area contributed by atoms with E-state index in [1.165, 1.54) is 0 Å². The molecule has 1 aromatic carbocycles. The molecule has 2 N–H and O–H groups in total. The van der Waals surface area contributed by atoms with Crippen LogP contribution in [0.5, 0.6) is 0 Å². The van der Waals surface area contributed by atoms with Gasteiger partial charge in [-0.2, -0.15) is 0 Å². The molecule has 0 atom stereocenters. The van der Waals surface area contributed by atoms with E-state index < -0.39 is 0 Å². The average molecular weight is 304 g/mol. The van der Waals surface area contributed by atoms with Crippen molar-refractivity contribution in [3.63, 3.8) is 0 Å². The first kappa shape index (κ1) is 15.4. The Morgan fingerprint density at radius 1 is 1.38 bits per heavy atom. The van der Waals surface area contributed by atoms with Gasteiger partial charge in [-0.15, -0.1) is 0 Å². The van der Waals surface area contributed by atoms with Gasteiger partial charge >= 0.3 is 0 Å². The van der Waals surface area contributed by atoms with Crippen molar-refractivity contribution in [1.29, 1.82) is 0 Å². The molecule has 2 rings (SSSR count). The first-order valence-corrected chi connectivity index (χ1v) is 7.57. The van der Waals surface area contributed by atoms with E-state index in [2.05, 4.69) is 22.2 Å². The van der Waals surface area contributed by atoms with Crippen molar-refractivity contribution >= 4 is 28.2 Å². The predicted octanol–water partition coefficient (Wildman–Crippen LogP) is 2.03. The van der Waals surface area contributed by atoms with Gasteiger partial charge in [0, 0.05) is 13.1 Å². The predicted molar refractivity (Wildman–Crippen MR) is 89.3 cm³/mol. The van der Waals surface area contributed by atoms with Crippen molar-refractivity contribution in [3.05, 3.63) is 40.4 Å². The van der Waals surface area contributed by atoms with Gasteiger partial charge in [-0.1, -0.05) is 19.1 Å². The number of nitrogens with zero attached hydrogens (tertiary/aromatic N) is 2. The molecule has 0 aliphatic carbocycles. The number of thiocarbonyl (C=S) groups is 1. The summed E-state index contributed by atoms with van der Waals surface area (Å²) in [5.74, 6) is 0.626. The fourth-order valence-corrected chi connectivity index (χ4v) is 2.36. The molecule has 1 heterocycles. The number of hydrogen-bond acceptors (Lipinski definition) is 3. The molecule has 0 amide bonds. The van der Waals surface area contributed by atoms with E-state index in [0.29, 0.717) is 28.4 Å². The maximum atomic E-state index is 12.0. The second-order valence-electron chi connectivity index (χ2n) is 4.78. The third-order valence-electron chi connectivity index (χ3n) is 3.20. The number of aromatic amines is 1. The number of aromatic nitrogens is 2. The highest BCUT2D eigenvalue weighted by Crippen LogP contribution is 2.07. The topological polar surface area (TPSA) is 61.0 Å². The quantitative estimate of drug-likeness (QED) is 0.828. The summed E-state index contributed by atoms with van der Waals surface area (Å²) in [6, 6.07) is 7.33. The first-order chi connectivity index (χ1) is 10.2. The van der Waals surface area contributed by atoms with Gasteiger partial charge < -0.3 is 15.2 Å². The largest absolute Gasteiger partial charge is 0.363 e. The van der Waals surface area contributed by atoms with Crippen LogP contribution in [0.3, 0.4) is 0 Å². The van der Waals surface area contributed by atoms with Gasteiger partial charge in [-0.05, 0) is 37.7 Å². The molecule has 0 spiro atoms. The second kappa shape index (κ2) is 7.17. The fourth-order valence-electron chi connectivity index (χ4n) is 2.06. The van der Waals surface area contributed by atoms with Gasteiger partial charge in [0.1, 0.15) is 5.82 Å². The van der Waals surface area contributed by atoms with Crippen LogP contribution in [0.25, 0.3) is 10.9 Å². The molecule has 21 heavy (non-hydrogen) atoms. The van der Waals surface area contributed by atoms with Crippen LogP contribution in [-0.2, 0) is 6.54 Å². The van der Waals surface area contributed by atoms with Crippen LogP contribution in [0.2, 0.25) is 0 Å². The zero-order valence-electron chi connectivity index (χ0n) is 12.3. The highest BCUT2D eigenvalue weighted by atomic mass is 32.1. The summed E-state index contributed by atoms with van der Waals surface area (Å²) in [4.78, 5) is 21.4. The number of para-hydroxylation sites is 1. The lowest BCUT2D eigenvalue weighted by Gasteiger charge is -2.23. The van der Waals surface area contributed by atoms with Gasteiger partial charge in [-0.3, -0.25) is 4.79 Å². The number of nitrogens with one attached hydrogen (secondary N) is 2. The van der Waals surface area contributed by atoms with Gasteiger partial charge in [0.2, 0.25) is 0 Å². The Bertz CT molecular complexity index is 683. The standard InChI is InChI=1S/C15H20N4OS/c1-3-9-16-15(21)19(4-2)10-13-17-12-8-6-5-7-11(12)14(20)18-13/h5-8H,3-4,9-10H2,1-2H3,(H,16,21)(H,17,18,20). The van der Waals surface area contributed by atoms with Gasteiger partial charge in [0.25, 0.3) is 5.56 Å². The van der Waals surface area contributed by atoms with Crippen LogP contribution in [-0.4, -0.2) is 33.1 Å². The fraction of sp³-hybridized carbons (Fsp3) is 0.400. The number of hydrogen-bond donors (Lipinski definition) is 2. The van der Waals surface area contributed by atoms with Crippen molar-refractivity contribution in [1.82, 2.24) is 20.2 Å². The smallest absolute Gasteiger partial charge is 0.258 e. The molecule has 0 bridgehead atoms. The lowest BCUT2D eigenvalue weighted by atomic mass is 10.2. The summed E-state index contributed by atoms with van der Waals surface area (Å²) in [5.41, 5.74) is 0.596. The Morgan fingerprint density at radius 3 is 2.86 bits per heavy atom. The third kappa shape index (κ3) is 3.78. The zero-order chi connectivity index (χ0) is 15.2. The lowest BCUT2D eigenvalue weighted by molar-refractivity contribution is 0.415. The molecule has 0 saturated heterocycles. The van der Waals surface area contributed by atoms with Crippen LogP contribution < -0.4 is 10.9 Å². The number of H-pyrrole nitrogens is 1. The summed E-state index contributed by atoms with van der Waals surface area (Å²) in [7, 11) is 0. The van der Waals surface area contributed by atoms with E-state index in [4.69, 9.17) is 12.2 Å². The van der Waals surface area contributed by atoms with E-state index in [9.17, 15) is 4.79 Å². The molecule has 0 radical (unpaired) electrons. The minimum absolute atomic E-state index is 0.112. The minimum Gasteiger partial charge on any atom is -0.363 e. The summed E-state index contributed by atoms with van der Waals surface area (Å²) in [5, 5.41) is 4.49. The molecule has 0 saturated carbocycles. The monoisotopic (exact) mass is 304 g/mol. The van der Waals surface area contributed by atoms with Crippen molar-refractivity contribution in [2.24, 2.45) is 0 Å². The normalized spacial score (nSPS) is 10.6. The molecule has 6 heteroatoms. The Morgan fingerprint density at radius 2 is 2.14 bits per heavy atom. The molecule has 1 aromatic heterocycles. The molecule has 2 aromatic rings. The maximum absolute atomic E-state index is 12.0. The van der Waals surface area contributed by atoms with E-state index in [0.717, 1.165) is 19.5 Å². The Balaban J connectivity index is 2.21. The summed E-state index contributed by atoms with van der Waals surface area (Å²) in [6.45, 7) is 6.21. The molecule has 112 valence electrons. The Kier molecular flexibility index (Phi) is 5.27. The van der Waals surface area contributed by atoms with E-state index >= 15 is 0 Å². The molecule has 5 nitrogen and oxygen atoms in total. The van der Waals surface area contributed by atoms with E-state index in [1.54, 1.807) is 6.07 Å². The number of benzene rings is 1. The SMILES string of the molecule is CCCNC(=S)N(CC)Cc1nc2ccccc2c(=O)[nH]1. The molecule has 0 fully saturated rings. The maximum Gasteiger partial charge on any atom is 0.258 e. The second-order valence-corrected chi connectivity index (χ2v) is 5.16. The molecule has 0 unspecified atom stereocenters. The van der Waals surface area contributed by atoms with Crippen LogP contribution in [0, 0.1) is 0 Å². The summed E-state index contributed by atoms with van der Waals surface area (Å²) < 4.78 is 0. The van der Waals surface area contributed by atoms with Crippen LogP contribution >= 0.6 is 12.2 Å². The van der Waals surface area contributed by atoms with Crippen molar-refractivity contribution in [2.45, 2.75) is 26.8 Å². The third-order valence-corrected chi connectivity index (χ3v) is 3.60. The van der Waals surface area contributed by atoms with Crippen molar-refractivity contribution in [3.8, 4) is 0 Å². The summed E-state index contributed by atoms with van der Waals surface area (Å²) in [6.07, 6.45) is 1.02. The average Bonchev–Trinajstić information content (AvgIpc) is 2.50. The first-order valence-electron chi connectivity index (χ1n) is 7.16. The Labute approximate surface area is 129 Å². The van der Waals surface area contributed by atoms with Crippen molar-refractivity contribution < 1.29 is 0 Å². The number of rotatable bonds is 5. The molecule has 0 aliphatic heterocycles. The zero-order valence-corrected chi connectivity index (χ0v) is 13.2. The summed E-state index contributed by atoms with van der Waals surface area (Å²) >= 11 is 5.36. The number of fused-ring (bicyclic) bond motifs is 1. The Hall–Kier alpha value is -1.95. The van der Waals surface area contributed by atoms with Crippen LogP contribution in [0.4, 0.5) is 0 Å². The molecular weight excluding hydrogens is 284 g/mol. The van der Waals surface area contributed by atoms with Crippen LogP contribution in [0.15, 0.2) is 29.1 Å². The van der Waals surface area contributed by atoms with Gasteiger partial charge in [0.15, 0.2) is 5.11 Å².